The number of ether oxygens (including phenoxy) is 1. The highest BCUT2D eigenvalue weighted by Gasteiger charge is 2.20. The van der Waals surface area contributed by atoms with Crippen LogP contribution in [0.2, 0.25) is 0 Å². The molecule has 1 heterocycles. The van der Waals surface area contributed by atoms with Gasteiger partial charge in [-0.1, -0.05) is 43.5 Å². The number of amides is 1. The van der Waals surface area contributed by atoms with Gasteiger partial charge in [0.2, 0.25) is 11.1 Å². The van der Waals surface area contributed by atoms with E-state index in [1.165, 1.54) is 37.4 Å². The number of hydrogen-bond acceptors (Lipinski definition) is 5. The van der Waals surface area contributed by atoms with Gasteiger partial charge >= 0.3 is 0 Å². The van der Waals surface area contributed by atoms with Gasteiger partial charge < -0.3 is 10.1 Å². The van der Waals surface area contributed by atoms with Crippen LogP contribution in [0.15, 0.2) is 23.4 Å². The molecule has 1 aliphatic rings. The summed E-state index contributed by atoms with van der Waals surface area (Å²) < 4.78 is 5.31. The van der Waals surface area contributed by atoms with E-state index in [0.29, 0.717) is 16.6 Å². The first-order chi connectivity index (χ1) is 12.5. The molecule has 0 radical (unpaired) electrons. The van der Waals surface area contributed by atoms with E-state index in [4.69, 9.17) is 4.74 Å². The topological polar surface area (TPSA) is 79.9 Å². The van der Waals surface area contributed by atoms with Gasteiger partial charge in [0.25, 0.3) is 0 Å². The number of rotatable bonds is 7. The van der Waals surface area contributed by atoms with Gasteiger partial charge in [0.05, 0.1) is 18.0 Å². The Balaban J connectivity index is 1.57. The Morgan fingerprint density at radius 3 is 2.92 bits per heavy atom. The van der Waals surface area contributed by atoms with Gasteiger partial charge in [0.1, 0.15) is 11.6 Å². The number of nitrogens with zero attached hydrogens (tertiary/aromatic N) is 2. The first kappa shape index (κ1) is 18.8. The zero-order valence-electron chi connectivity index (χ0n) is 15.5. The first-order valence-electron chi connectivity index (χ1n) is 9.08. The van der Waals surface area contributed by atoms with Gasteiger partial charge in [-0.15, -0.1) is 5.10 Å². The zero-order chi connectivity index (χ0) is 18.5. The van der Waals surface area contributed by atoms with E-state index in [0.717, 1.165) is 23.7 Å². The van der Waals surface area contributed by atoms with Crippen molar-refractivity contribution in [3.8, 4) is 5.75 Å². The van der Waals surface area contributed by atoms with Crippen LogP contribution in [0.3, 0.4) is 0 Å². The number of nitrogens with one attached hydrogen (secondary N) is 2. The second-order valence-electron chi connectivity index (χ2n) is 6.87. The predicted molar refractivity (Wildman–Crippen MR) is 104 cm³/mol. The molecule has 140 valence electrons. The maximum Gasteiger partial charge on any atom is 0.237 e. The van der Waals surface area contributed by atoms with Crippen molar-refractivity contribution < 1.29 is 9.53 Å². The molecule has 1 aromatic heterocycles. The highest BCUT2D eigenvalue weighted by atomic mass is 32.2. The Bertz CT molecular complexity index is 756. The molecule has 1 aliphatic carbocycles. The first-order valence-corrected chi connectivity index (χ1v) is 9.96. The smallest absolute Gasteiger partial charge is 0.237 e. The fourth-order valence-electron chi connectivity index (χ4n) is 3.28. The van der Waals surface area contributed by atoms with Crippen molar-refractivity contribution in [2.45, 2.75) is 56.4 Å². The summed E-state index contributed by atoms with van der Waals surface area (Å²) in [6.07, 6.45) is 6.15. The van der Waals surface area contributed by atoms with E-state index in [2.05, 4.69) is 20.5 Å². The number of hydrogen-bond donors (Lipinski definition) is 2. The number of anilines is 1. The molecule has 0 aliphatic heterocycles. The van der Waals surface area contributed by atoms with Crippen molar-refractivity contribution in [1.29, 1.82) is 0 Å². The molecule has 0 spiro atoms. The van der Waals surface area contributed by atoms with Crippen molar-refractivity contribution in [2.75, 3.05) is 12.4 Å². The molecule has 0 unspecified atom stereocenters. The SMILES string of the molecule is COc1ccc(C)cc1NC(=O)[C@H](C)Sc1n[nH]c(CC2CCCC2)n1. The van der Waals surface area contributed by atoms with E-state index >= 15 is 0 Å². The van der Waals surface area contributed by atoms with Crippen LogP contribution in [0, 0.1) is 12.8 Å². The molecular weight excluding hydrogens is 348 g/mol. The molecule has 1 amide bonds. The molecule has 0 saturated heterocycles. The van der Waals surface area contributed by atoms with Gasteiger partial charge in [-0.2, -0.15) is 0 Å². The predicted octanol–water partition coefficient (Wildman–Crippen LogP) is 3.97. The Hall–Kier alpha value is -2.02. The van der Waals surface area contributed by atoms with E-state index < -0.39 is 0 Å². The molecule has 3 rings (SSSR count). The minimum Gasteiger partial charge on any atom is -0.495 e. The van der Waals surface area contributed by atoms with Gasteiger partial charge in [-0.3, -0.25) is 9.89 Å². The highest BCUT2D eigenvalue weighted by Crippen LogP contribution is 2.29. The molecule has 6 nitrogen and oxygen atoms in total. The molecule has 7 heteroatoms. The lowest BCUT2D eigenvalue weighted by Crippen LogP contribution is -2.22. The van der Waals surface area contributed by atoms with Crippen LogP contribution in [-0.2, 0) is 11.2 Å². The summed E-state index contributed by atoms with van der Waals surface area (Å²) in [7, 11) is 1.60. The molecule has 0 bridgehead atoms. The third-order valence-corrected chi connectivity index (χ3v) is 5.69. The van der Waals surface area contributed by atoms with E-state index in [-0.39, 0.29) is 11.2 Å². The summed E-state index contributed by atoms with van der Waals surface area (Å²) >= 11 is 1.36. The Morgan fingerprint density at radius 1 is 1.42 bits per heavy atom. The maximum atomic E-state index is 12.5. The van der Waals surface area contributed by atoms with Crippen molar-refractivity contribution in [2.24, 2.45) is 5.92 Å². The van der Waals surface area contributed by atoms with Crippen LogP contribution in [-0.4, -0.2) is 33.4 Å². The molecular formula is C19H26N4O2S. The lowest BCUT2D eigenvalue weighted by Gasteiger charge is -2.13. The van der Waals surface area contributed by atoms with Crippen molar-refractivity contribution in [1.82, 2.24) is 15.2 Å². The lowest BCUT2D eigenvalue weighted by atomic mass is 10.0. The number of carbonyl (C=O) groups is 1. The summed E-state index contributed by atoms with van der Waals surface area (Å²) in [5, 5.41) is 10.5. The number of benzene rings is 1. The largest absolute Gasteiger partial charge is 0.495 e. The molecule has 1 atom stereocenters. The van der Waals surface area contributed by atoms with Gasteiger partial charge in [0.15, 0.2) is 0 Å². The number of methoxy groups -OCH3 is 1. The quantitative estimate of drug-likeness (QED) is 0.717. The average Bonchev–Trinajstić information content (AvgIpc) is 3.27. The number of carbonyl (C=O) groups excluding carboxylic acids is 1. The van der Waals surface area contributed by atoms with Crippen molar-refractivity contribution in [3.63, 3.8) is 0 Å². The number of aromatic amines is 1. The lowest BCUT2D eigenvalue weighted by molar-refractivity contribution is -0.115. The molecule has 2 aromatic rings. The number of thioether (sulfide) groups is 1. The minimum atomic E-state index is -0.310. The fraction of sp³-hybridized carbons (Fsp3) is 0.526. The average molecular weight is 375 g/mol. The van der Waals surface area contributed by atoms with Crippen molar-refractivity contribution in [3.05, 3.63) is 29.6 Å². The zero-order valence-corrected chi connectivity index (χ0v) is 16.4. The summed E-state index contributed by atoms with van der Waals surface area (Å²) in [5.74, 6) is 2.20. The van der Waals surface area contributed by atoms with Crippen LogP contribution in [0.5, 0.6) is 5.75 Å². The number of H-pyrrole nitrogens is 1. The fourth-order valence-corrected chi connectivity index (χ4v) is 4.02. The van der Waals surface area contributed by atoms with E-state index in [1.807, 2.05) is 32.0 Å². The van der Waals surface area contributed by atoms with Gasteiger partial charge in [-0.25, -0.2) is 4.98 Å². The third-order valence-electron chi connectivity index (χ3n) is 4.73. The summed E-state index contributed by atoms with van der Waals surface area (Å²) in [6.45, 7) is 3.84. The second-order valence-corrected chi connectivity index (χ2v) is 8.18. The van der Waals surface area contributed by atoms with Crippen LogP contribution >= 0.6 is 11.8 Å². The van der Waals surface area contributed by atoms with Gasteiger partial charge in [-0.05, 0) is 37.5 Å². The molecule has 1 aromatic carbocycles. The standard InChI is InChI=1S/C19H26N4O2S/c1-12-8-9-16(25-3)15(10-12)20-18(24)13(2)26-19-21-17(22-23-19)11-14-6-4-5-7-14/h8-10,13-14H,4-7,11H2,1-3H3,(H,20,24)(H,21,22,23)/t13-/m0/s1. The Morgan fingerprint density at radius 2 is 2.19 bits per heavy atom. The van der Waals surface area contributed by atoms with E-state index in [9.17, 15) is 4.79 Å². The summed E-state index contributed by atoms with van der Waals surface area (Å²) in [4.78, 5) is 17.1. The third kappa shape index (κ3) is 4.78. The van der Waals surface area contributed by atoms with E-state index in [1.54, 1.807) is 7.11 Å². The van der Waals surface area contributed by atoms with Crippen LogP contribution in [0.25, 0.3) is 0 Å². The molecule has 1 saturated carbocycles. The Kier molecular flexibility index (Phi) is 6.19. The second kappa shape index (κ2) is 8.58. The van der Waals surface area contributed by atoms with Crippen molar-refractivity contribution >= 4 is 23.4 Å². The number of aryl methyl sites for hydroxylation is 1. The normalized spacial score (nSPS) is 15.8. The Labute approximate surface area is 158 Å². The van der Waals surface area contributed by atoms with Crippen LogP contribution in [0.1, 0.15) is 44.0 Å². The molecule has 26 heavy (non-hydrogen) atoms. The monoisotopic (exact) mass is 374 g/mol. The van der Waals surface area contributed by atoms with Crippen LogP contribution < -0.4 is 10.1 Å². The minimum absolute atomic E-state index is 0.0963. The van der Waals surface area contributed by atoms with Crippen LogP contribution in [0.4, 0.5) is 5.69 Å². The summed E-state index contributed by atoms with van der Waals surface area (Å²) in [6, 6.07) is 5.71. The maximum absolute atomic E-state index is 12.5. The van der Waals surface area contributed by atoms with Gasteiger partial charge in [0, 0.05) is 6.42 Å². The highest BCUT2D eigenvalue weighted by molar-refractivity contribution is 8.00. The summed E-state index contributed by atoms with van der Waals surface area (Å²) in [5.41, 5.74) is 1.74. The molecule has 1 fully saturated rings. The number of aromatic nitrogens is 3. The molecule has 2 N–H and O–H groups in total.